The van der Waals surface area contributed by atoms with Crippen LogP contribution in [0.1, 0.15) is 25.7 Å². The van der Waals surface area contributed by atoms with E-state index in [1.807, 2.05) is 54.6 Å². The Bertz CT molecular complexity index is 1320. The zero-order chi connectivity index (χ0) is 24.9. The number of hydrogen-bond donors (Lipinski definition) is 1. The Kier molecular flexibility index (Phi) is 7.13. The van der Waals surface area contributed by atoms with Crippen molar-refractivity contribution in [1.82, 2.24) is 14.9 Å². The molecule has 0 radical (unpaired) electrons. The Balaban J connectivity index is 1.48. The van der Waals surface area contributed by atoms with Crippen molar-refractivity contribution in [2.75, 3.05) is 26.8 Å². The number of aliphatic carboxylic acids is 1. The highest BCUT2D eigenvalue weighted by atomic mass is 16.5. The predicted molar refractivity (Wildman–Crippen MR) is 136 cm³/mol. The highest BCUT2D eigenvalue weighted by Crippen LogP contribution is 2.43. The van der Waals surface area contributed by atoms with Gasteiger partial charge in [-0.2, -0.15) is 0 Å². The zero-order valence-corrected chi connectivity index (χ0v) is 20.2. The normalized spacial score (nSPS) is 15.9. The van der Waals surface area contributed by atoms with Gasteiger partial charge in [0.1, 0.15) is 29.8 Å². The Morgan fingerprint density at radius 3 is 2.67 bits per heavy atom. The van der Waals surface area contributed by atoms with Crippen molar-refractivity contribution >= 4 is 17.1 Å². The number of fused-ring (bicyclic) bond motifs is 1. The lowest BCUT2D eigenvalue weighted by atomic mass is 9.99. The van der Waals surface area contributed by atoms with Crippen LogP contribution in [0.2, 0.25) is 0 Å². The number of carboxylic acid groups (broad SMARTS) is 1. The number of rotatable bonds is 10. The smallest absolute Gasteiger partial charge is 0.303 e. The molecule has 3 heterocycles. The van der Waals surface area contributed by atoms with Crippen LogP contribution >= 0.6 is 0 Å². The minimum Gasteiger partial charge on any atom is -0.497 e. The van der Waals surface area contributed by atoms with Gasteiger partial charge in [-0.3, -0.25) is 9.69 Å². The Morgan fingerprint density at radius 1 is 1.11 bits per heavy atom. The van der Waals surface area contributed by atoms with Crippen molar-refractivity contribution in [2.45, 2.75) is 31.7 Å². The van der Waals surface area contributed by atoms with Crippen LogP contribution in [0, 0.1) is 0 Å². The van der Waals surface area contributed by atoms with E-state index in [1.54, 1.807) is 7.11 Å². The van der Waals surface area contributed by atoms with Crippen molar-refractivity contribution < 1.29 is 23.8 Å². The van der Waals surface area contributed by atoms with Crippen LogP contribution in [0.25, 0.3) is 33.6 Å². The monoisotopic (exact) mass is 487 g/mol. The first-order valence-corrected chi connectivity index (χ1v) is 12.2. The SMILES string of the molecule is COc1ccc(-c2c(-c3ccccc3)oc3ncnc(OCC4CCCN4CCCC(=O)O)c23)cc1. The average molecular weight is 488 g/mol. The minimum atomic E-state index is -0.759. The van der Waals surface area contributed by atoms with Gasteiger partial charge in [-0.05, 0) is 50.0 Å². The number of furan rings is 1. The van der Waals surface area contributed by atoms with E-state index in [0.29, 0.717) is 30.4 Å². The molecule has 8 heteroatoms. The van der Waals surface area contributed by atoms with Gasteiger partial charge in [0.25, 0.3) is 0 Å². The van der Waals surface area contributed by atoms with Crippen LogP contribution in [-0.2, 0) is 4.79 Å². The maximum atomic E-state index is 10.9. The summed E-state index contributed by atoms with van der Waals surface area (Å²) < 4.78 is 17.9. The van der Waals surface area contributed by atoms with Crippen LogP contribution in [0.5, 0.6) is 11.6 Å². The fourth-order valence-electron chi connectivity index (χ4n) is 4.83. The molecule has 1 N–H and O–H groups in total. The average Bonchev–Trinajstić information content (AvgIpc) is 3.52. The fraction of sp³-hybridized carbons (Fsp3) is 0.321. The molecule has 1 unspecified atom stereocenters. The second-order valence-electron chi connectivity index (χ2n) is 8.90. The summed E-state index contributed by atoms with van der Waals surface area (Å²) in [4.78, 5) is 22.1. The molecule has 5 rings (SSSR count). The van der Waals surface area contributed by atoms with E-state index in [0.717, 1.165) is 53.8 Å². The molecule has 0 saturated carbocycles. The Labute approximate surface area is 209 Å². The standard InChI is InChI=1S/C28H29N3O5/c1-34-22-13-11-19(12-14-22)24-25-27(35-17-21-9-5-15-31(21)16-6-10-23(32)33)29-18-30-28(25)36-26(24)20-7-3-2-4-8-20/h2-4,7-8,11-14,18,21H,5-6,9-10,15-17H2,1H3,(H,32,33). The lowest BCUT2D eigenvalue weighted by Crippen LogP contribution is -2.35. The molecule has 1 fully saturated rings. The number of nitrogens with zero attached hydrogens (tertiary/aromatic N) is 3. The molecule has 1 aliphatic rings. The number of carboxylic acids is 1. The molecule has 8 nitrogen and oxygen atoms in total. The molecule has 0 bridgehead atoms. The van der Waals surface area contributed by atoms with Gasteiger partial charge in [0, 0.05) is 23.6 Å². The molecular weight excluding hydrogens is 458 g/mol. The summed E-state index contributed by atoms with van der Waals surface area (Å²) >= 11 is 0. The third kappa shape index (κ3) is 5.04. The molecule has 0 aliphatic carbocycles. The van der Waals surface area contributed by atoms with Gasteiger partial charge in [-0.15, -0.1) is 0 Å². The van der Waals surface area contributed by atoms with Crippen LogP contribution in [0.15, 0.2) is 65.3 Å². The predicted octanol–water partition coefficient (Wildman–Crippen LogP) is 5.27. The van der Waals surface area contributed by atoms with Gasteiger partial charge in [0.2, 0.25) is 11.6 Å². The number of benzene rings is 2. The van der Waals surface area contributed by atoms with Crippen molar-refractivity contribution in [3.8, 4) is 34.1 Å². The van der Waals surface area contributed by atoms with Gasteiger partial charge in [-0.1, -0.05) is 42.5 Å². The topological polar surface area (TPSA) is 97.9 Å². The van der Waals surface area contributed by atoms with Gasteiger partial charge >= 0.3 is 5.97 Å². The first-order valence-electron chi connectivity index (χ1n) is 12.2. The van der Waals surface area contributed by atoms with Gasteiger partial charge in [0.15, 0.2) is 0 Å². The van der Waals surface area contributed by atoms with E-state index in [4.69, 9.17) is 19.0 Å². The molecule has 2 aromatic carbocycles. The van der Waals surface area contributed by atoms with Crippen molar-refractivity contribution in [1.29, 1.82) is 0 Å². The van der Waals surface area contributed by atoms with Crippen LogP contribution in [-0.4, -0.2) is 58.8 Å². The number of methoxy groups -OCH3 is 1. The second kappa shape index (κ2) is 10.8. The number of hydrogen-bond acceptors (Lipinski definition) is 7. The summed E-state index contributed by atoms with van der Waals surface area (Å²) in [7, 11) is 1.64. The van der Waals surface area contributed by atoms with E-state index >= 15 is 0 Å². The first kappa shape index (κ1) is 23.8. The zero-order valence-electron chi connectivity index (χ0n) is 20.2. The highest BCUT2D eigenvalue weighted by molar-refractivity contribution is 6.03. The van der Waals surface area contributed by atoms with E-state index in [-0.39, 0.29) is 12.5 Å². The molecule has 2 aromatic heterocycles. The number of aromatic nitrogens is 2. The van der Waals surface area contributed by atoms with Crippen LogP contribution in [0.4, 0.5) is 0 Å². The van der Waals surface area contributed by atoms with E-state index in [9.17, 15) is 4.79 Å². The lowest BCUT2D eigenvalue weighted by Gasteiger charge is -2.24. The largest absolute Gasteiger partial charge is 0.497 e. The quantitative estimate of drug-likeness (QED) is 0.323. The first-order chi connectivity index (χ1) is 17.6. The molecule has 1 atom stereocenters. The lowest BCUT2D eigenvalue weighted by molar-refractivity contribution is -0.137. The van der Waals surface area contributed by atoms with Gasteiger partial charge in [0.05, 0.1) is 7.11 Å². The third-order valence-electron chi connectivity index (χ3n) is 6.62. The third-order valence-corrected chi connectivity index (χ3v) is 6.62. The number of ether oxygens (including phenoxy) is 2. The molecule has 0 amide bonds. The molecule has 36 heavy (non-hydrogen) atoms. The van der Waals surface area contributed by atoms with Crippen LogP contribution in [0.3, 0.4) is 0 Å². The summed E-state index contributed by atoms with van der Waals surface area (Å²) in [5, 5.41) is 9.70. The Morgan fingerprint density at radius 2 is 1.92 bits per heavy atom. The number of carbonyl (C=O) groups is 1. The highest BCUT2D eigenvalue weighted by Gasteiger charge is 2.27. The fourth-order valence-corrected chi connectivity index (χ4v) is 4.83. The van der Waals surface area contributed by atoms with E-state index < -0.39 is 5.97 Å². The van der Waals surface area contributed by atoms with E-state index in [1.165, 1.54) is 6.33 Å². The molecule has 1 aliphatic heterocycles. The molecule has 186 valence electrons. The van der Waals surface area contributed by atoms with E-state index in [2.05, 4.69) is 14.9 Å². The summed E-state index contributed by atoms with van der Waals surface area (Å²) in [6, 6.07) is 18.0. The molecule has 0 spiro atoms. The van der Waals surface area contributed by atoms with Crippen molar-refractivity contribution in [3.05, 3.63) is 60.9 Å². The van der Waals surface area contributed by atoms with Crippen molar-refractivity contribution in [2.24, 2.45) is 0 Å². The maximum Gasteiger partial charge on any atom is 0.303 e. The van der Waals surface area contributed by atoms with Crippen LogP contribution < -0.4 is 9.47 Å². The van der Waals surface area contributed by atoms with Gasteiger partial charge in [-0.25, -0.2) is 9.97 Å². The van der Waals surface area contributed by atoms with Gasteiger partial charge < -0.3 is 19.0 Å². The Hall–Kier alpha value is -3.91. The maximum absolute atomic E-state index is 10.9. The number of likely N-dealkylation sites (tertiary alicyclic amines) is 1. The van der Waals surface area contributed by atoms with Crippen molar-refractivity contribution in [3.63, 3.8) is 0 Å². The molecule has 1 saturated heterocycles. The second-order valence-corrected chi connectivity index (χ2v) is 8.90. The molecule has 4 aromatic rings. The summed E-state index contributed by atoms with van der Waals surface area (Å²) in [5.74, 6) is 1.20. The summed E-state index contributed by atoms with van der Waals surface area (Å²) in [5.41, 5.74) is 3.23. The summed E-state index contributed by atoms with van der Waals surface area (Å²) in [6.07, 6.45) is 4.36. The molecular formula is C28H29N3O5. The summed E-state index contributed by atoms with van der Waals surface area (Å²) in [6.45, 7) is 2.17. The minimum absolute atomic E-state index is 0.180.